The Hall–Kier alpha value is -4.61. The van der Waals surface area contributed by atoms with Crippen molar-refractivity contribution in [2.75, 3.05) is 42.9 Å². The molecular weight excluding hydrogens is 584 g/mol. The fourth-order valence-corrected chi connectivity index (χ4v) is 6.11. The van der Waals surface area contributed by atoms with Gasteiger partial charge in [0.05, 0.1) is 23.7 Å². The Balaban J connectivity index is 1.18. The summed E-state index contributed by atoms with van der Waals surface area (Å²) in [5.74, 6) is -0.158. The summed E-state index contributed by atoms with van der Waals surface area (Å²) >= 11 is 0. The number of aliphatic hydroxyl groups is 1. The van der Waals surface area contributed by atoms with Crippen LogP contribution in [0.5, 0.6) is 0 Å². The number of nitro groups is 1. The average molecular weight is 623 g/mol. The molecule has 2 saturated heterocycles. The summed E-state index contributed by atoms with van der Waals surface area (Å²) in [4.78, 5) is 28.2. The molecule has 2 N–H and O–H groups in total. The Kier molecular flexibility index (Phi) is 9.70. The smallest absolute Gasteiger partial charge is 0.269 e. The molecule has 0 aromatic heterocycles. The first-order chi connectivity index (χ1) is 22.4. The van der Waals surface area contributed by atoms with Crippen molar-refractivity contribution in [1.29, 1.82) is 0 Å². The molecule has 4 aromatic carbocycles. The molecule has 4 atom stereocenters. The lowest BCUT2D eigenvalue weighted by Crippen LogP contribution is -2.51. The zero-order chi connectivity index (χ0) is 32.0. The predicted molar refractivity (Wildman–Crippen MR) is 176 cm³/mol. The minimum absolute atomic E-state index is 0.0247. The van der Waals surface area contributed by atoms with E-state index in [1.807, 2.05) is 78.9 Å². The van der Waals surface area contributed by atoms with Gasteiger partial charge in [-0.15, -0.1) is 0 Å². The van der Waals surface area contributed by atoms with Crippen molar-refractivity contribution in [2.45, 2.75) is 32.0 Å². The number of aliphatic hydroxyl groups excluding tert-OH is 1. The van der Waals surface area contributed by atoms with Crippen LogP contribution in [0.2, 0.25) is 0 Å². The van der Waals surface area contributed by atoms with Crippen LogP contribution in [-0.2, 0) is 16.1 Å². The Morgan fingerprint density at radius 3 is 2.28 bits per heavy atom. The third-order valence-electron chi connectivity index (χ3n) is 8.81. The van der Waals surface area contributed by atoms with Gasteiger partial charge in [-0.3, -0.25) is 19.8 Å². The van der Waals surface area contributed by atoms with Crippen molar-refractivity contribution in [3.05, 3.63) is 135 Å². The van der Waals surface area contributed by atoms with Crippen LogP contribution in [0.25, 0.3) is 0 Å². The number of ether oxygens (including phenoxy) is 2. The summed E-state index contributed by atoms with van der Waals surface area (Å²) < 4.78 is 13.3. The van der Waals surface area contributed by atoms with E-state index in [1.165, 1.54) is 0 Å². The summed E-state index contributed by atoms with van der Waals surface area (Å²) in [5.41, 5.74) is 4.96. The first-order valence-electron chi connectivity index (χ1n) is 15.6. The monoisotopic (exact) mass is 622 g/mol. The number of nitro benzene ring substituents is 1. The molecule has 2 heterocycles. The molecule has 4 unspecified atom stereocenters. The molecule has 10 nitrogen and oxygen atoms in total. The molecule has 0 saturated carbocycles. The number of non-ortho nitro benzene ring substituents is 1. The van der Waals surface area contributed by atoms with E-state index in [2.05, 4.69) is 22.0 Å². The Labute approximate surface area is 268 Å². The van der Waals surface area contributed by atoms with E-state index < -0.39 is 6.29 Å². The van der Waals surface area contributed by atoms with Gasteiger partial charge in [0.25, 0.3) is 11.6 Å². The normalized spacial score (nSPS) is 21.9. The Morgan fingerprint density at radius 2 is 1.61 bits per heavy atom. The van der Waals surface area contributed by atoms with Gasteiger partial charge in [-0.2, -0.15) is 0 Å². The maximum atomic E-state index is 12.8. The molecule has 0 radical (unpaired) electrons. The van der Waals surface area contributed by atoms with Crippen LogP contribution in [-0.4, -0.2) is 59.7 Å². The maximum Gasteiger partial charge on any atom is 0.269 e. The topological polar surface area (TPSA) is 117 Å². The minimum Gasteiger partial charge on any atom is -0.392 e. The lowest BCUT2D eigenvalue weighted by molar-refractivity contribution is -0.384. The second-order valence-corrected chi connectivity index (χ2v) is 11.8. The molecule has 2 fully saturated rings. The minimum atomic E-state index is -0.654. The largest absolute Gasteiger partial charge is 0.392 e. The second-order valence-electron chi connectivity index (χ2n) is 11.8. The molecule has 2 aliphatic rings. The van der Waals surface area contributed by atoms with Gasteiger partial charge in [-0.05, 0) is 47.5 Å². The highest BCUT2D eigenvalue weighted by Gasteiger charge is 2.39. The van der Waals surface area contributed by atoms with Crippen LogP contribution < -0.4 is 10.2 Å². The summed E-state index contributed by atoms with van der Waals surface area (Å²) in [6, 6.07) is 31.2. The zero-order valence-electron chi connectivity index (χ0n) is 25.7. The van der Waals surface area contributed by atoms with E-state index in [0.717, 1.165) is 48.6 Å². The van der Waals surface area contributed by atoms with Gasteiger partial charge in [0.1, 0.15) is 0 Å². The summed E-state index contributed by atoms with van der Waals surface area (Å²) in [7, 11) is 0. The fourth-order valence-electron chi connectivity index (χ4n) is 6.11. The zero-order valence-corrected chi connectivity index (χ0v) is 25.7. The first kappa shape index (κ1) is 31.4. The third-order valence-corrected chi connectivity index (χ3v) is 8.81. The van der Waals surface area contributed by atoms with E-state index in [1.54, 1.807) is 24.3 Å². The highest BCUT2D eigenvalue weighted by Crippen LogP contribution is 2.42. The predicted octanol–water partition coefficient (Wildman–Crippen LogP) is 5.95. The first-order valence-corrected chi connectivity index (χ1v) is 15.6. The lowest BCUT2D eigenvalue weighted by Gasteiger charge is -2.44. The van der Waals surface area contributed by atoms with Crippen LogP contribution >= 0.6 is 0 Å². The Morgan fingerprint density at radius 1 is 0.891 bits per heavy atom. The number of hydrogen-bond acceptors (Lipinski definition) is 8. The number of rotatable bonds is 9. The molecule has 0 spiro atoms. The number of anilines is 2. The van der Waals surface area contributed by atoms with E-state index >= 15 is 0 Å². The number of carbonyl (C=O) groups excluding carboxylic acids is 1. The van der Waals surface area contributed by atoms with Gasteiger partial charge >= 0.3 is 0 Å². The fraction of sp³-hybridized carbons (Fsp3) is 0.306. The van der Waals surface area contributed by atoms with E-state index in [4.69, 9.17) is 9.47 Å². The number of amides is 1. The lowest BCUT2D eigenvalue weighted by atomic mass is 9.90. The van der Waals surface area contributed by atoms with E-state index in [0.29, 0.717) is 17.8 Å². The molecule has 0 bridgehead atoms. The van der Waals surface area contributed by atoms with Crippen molar-refractivity contribution in [3.63, 3.8) is 0 Å². The van der Waals surface area contributed by atoms with Crippen molar-refractivity contribution in [3.8, 4) is 0 Å². The van der Waals surface area contributed by atoms with Crippen LogP contribution in [0.1, 0.15) is 46.4 Å². The molecule has 0 aliphatic carbocycles. The maximum absolute atomic E-state index is 12.8. The van der Waals surface area contributed by atoms with Crippen molar-refractivity contribution in [1.82, 2.24) is 4.90 Å². The van der Waals surface area contributed by atoms with E-state index in [-0.39, 0.29) is 41.3 Å². The van der Waals surface area contributed by atoms with Crippen molar-refractivity contribution < 1.29 is 24.3 Å². The third kappa shape index (κ3) is 7.27. The quantitative estimate of drug-likeness (QED) is 0.174. The number of hydrogen-bond donors (Lipinski definition) is 2. The summed E-state index contributed by atoms with van der Waals surface area (Å²) in [6.07, 6.45) is -1.05. The summed E-state index contributed by atoms with van der Waals surface area (Å²) in [5, 5.41) is 23.6. The molecule has 2 aliphatic heterocycles. The van der Waals surface area contributed by atoms with Gasteiger partial charge < -0.3 is 24.8 Å². The second kappa shape index (κ2) is 14.2. The van der Waals surface area contributed by atoms with Gasteiger partial charge in [0, 0.05) is 73.3 Å². The number of nitrogens with one attached hydrogen (secondary N) is 1. The van der Waals surface area contributed by atoms with Crippen LogP contribution in [0.3, 0.4) is 0 Å². The van der Waals surface area contributed by atoms with Crippen LogP contribution in [0, 0.1) is 16.0 Å². The van der Waals surface area contributed by atoms with E-state index in [9.17, 15) is 20.0 Å². The number of piperazine rings is 1. The van der Waals surface area contributed by atoms with Gasteiger partial charge in [0.2, 0.25) is 0 Å². The molecule has 46 heavy (non-hydrogen) atoms. The highest BCUT2D eigenvalue weighted by molar-refractivity contribution is 6.04. The van der Waals surface area contributed by atoms with Crippen LogP contribution in [0.4, 0.5) is 17.1 Å². The molecule has 6 rings (SSSR count). The van der Waals surface area contributed by atoms with Gasteiger partial charge in [0.15, 0.2) is 6.29 Å². The van der Waals surface area contributed by atoms with Crippen molar-refractivity contribution in [2.24, 2.45) is 5.92 Å². The molecular formula is C36H38N4O6. The number of carbonyl (C=O) groups is 1. The molecule has 10 heteroatoms. The SMILES string of the molecule is CC1C(CN2CCN(c3ccc([N+](=O)[O-])cc3)CC2)OC(c2cccc(NC(=O)c3ccccc3)c2)OC1c1ccc(CO)cc1. The van der Waals surface area contributed by atoms with Crippen LogP contribution in [0.15, 0.2) is 103 Å². The highest BCUT2D eigenvalue weighted by atomic mass is 16.7. The molecule has 1 amide bonds. The molecule has 4 aromatic rings. The average Bonchev–Trinajstić information content (AvgIpc) is 3.10. The van der Waals surface area contributed by atoms with Gasteiger partial charge in [-0.25, -0.2) is 0 Å². The number of benzene rings is 4. The number of nitrogens with zero attached hydrogens (tertiary/aromatic N) is 3. The van der Waals surface area contributed by atoms with Crippen molar-refractivity contribution >= 4 is 23.0 Å². The standard InChI is InChI=1S/C36H38N4O6/c1-25-33(23-38-18-20-39(21-19-38)31-14-16-32(17-15-31)40(43)44)45-36(46-34(25)27-12-10-26(24-41)11-13-27)29-8-5-9-30(22-29)37-35(42)28-6-3-2-4-7-28/h2-17,22,25,33-34,36,41H,18-21,23-24H2,1H3,(H,37,42). The Bertz CT molecular complexity index is 1620. The summed E-state index contributed by atoms with van der Waals surface area (Å²) in [6.45, 7) is 6.09. The molecule has 238 valence electrons. The van der Waals surface area contributed by atoms with Gasteiger partial charge in [-0.1, -0.05) is 61.5 Å².